The average Bonchev–Trinajstić information content (AvgIpc) is 3.01. The summed E-state index contributed by atoms with van der Waals surface area (Å²) < 4.78 is 0. The van der Waals surface area contributed by atoms with Crippen molar-refractivity contribution in [3.63, 3.8) is 0 Å². The number of hydrogen-bond donors (Lipinski definition) is 2. The number of nitrogens with zero attached hydrogens (tertiary/aromatic N) is 2. The van der Waals surface area contributed by atoms with Crippen molar-refractivity contribution in [2.75, 3.05) is 26.2 Å². The largest absolute Gasteiger partial charge is 0.350 e. The molecule has 0 unspecified atom stereocenters. The van der Waals surface area contributed by atoms with Crippen LogP contribution >= 0.6 is 0 Å². The fourth-order valence-corrected chi connectivity index (χ4v) is 2.44. The van der Waals surface area contributed by atoms with E-state index in [1.807, 2.05) is 36.4 Å². The van der Waals surface area contributed by atoms with Gasteiger partial charge < -0.3 is 15.5 Å². The molecule has 0 bridgehead atoms. The lowest BCUT2D eigenvalue weighted by Crippen LogP contribution is -2.36. The molecular formula is C17H18N4O2. The monoisotopic (exact) mass is 310 g/mol. The molecule has 1 aromatic carbocycles. The van der Waals surface area contributed by atoms with Crippen LogP contribution in [0.2, 0.25) is 0 Å². The van der Waals surface area contributed by atoms with Gasteiger partial charge in [-0.15, -0.1) is 0 Å². The summed E-state index contributed by atoms with van der Waals surface area (Å²) in [5.41, 5.74) is 2.35. The molecule has 1 aliphatic heterocycles. The predicted octanol–water partition coefficient (Wildman–Crippen LogP) is 1.50. The van der Waals surface area contributed by atoms with Gasteiger partial charge in [-0.25, -0.2) is 4.79 Å². The minimum atomic E-state index is -0.184. The van der Waals surface area contributed by atoms with Crippen LogP contribution in [0.1, 0.15) is 10.4 Å². The van der Waals surface area contributed by atoms with E-state index in [9.17, 15) is 9.59 Å². The number of nitrogens with one attached hydrogen (secondary N) is 2. The summed E-state index contributed by atoms with van der Waals surface area (Å²) in [4.78, 5) is 29.5. The predicted molar refractivity (Wildman–Crippen MR) is 87.0 cm³/mol. The molecule has 0 atom stereocenters. The van der Waals surface area contributed by atoms with Gasteiger partial charge in [0.25, 0.3) is 5.91 Å². The van der Waals surface area contributed by atoms with Crippen molar-refractivity contribution >= 4 is 11.9 Å². The van der Waals surface area contributed by atoms with Crippen molar-refractivity contribution in [2.45, 2.75) is 0 Å². The molecule has 118 valence electrons. The average molecular weight is 310 g/mol. The van der Waals surface area contributed by atoms with Gasteiger partial charge in [0.2, 0.25) is 0 Å². The number of carbonyl (C=O) groups excluding carboxylic acids is 2. The zero-order valence-electron chi connectivity index (χ0n) is 12.7. The van der Waals surface area contributed by atoms with Crippen LogP contribution in [0, 0.1) is 0 Å². The summed E-state index contributed by atoms with van der Waals surface area (Å²) in [6.07, 6.45) is 1.57. The molecule has 6 nitrogen and oxygen atoms in total. The second kappa shape index (κ2) is 6.91. The first-order valence-corrected chi connectivity index (χ1v) is 7.56. The molecule has 6 heteroatoms. The number of benzene rings is 1. The van der Waals surface area contributed by atoms with Gasteiger partial charge in [0.05, 0.1) is 11.3 Å². The highest BCUT2D eigenvalue weighted by atomic mass is 16.2. The van der Waals surface area contributed by atoms with Crippen molar-refractivity contribution in [1.82, 2.24) is 20.5 Å². The van der Waals surface area contributed by atoms with Crippen LogP contribution < -0.4 is 10.6 Å². The van der Waals surface area contributed by atoms with Crippen molar-refractivity contribution in [1.29, 1.82) is 0 Å². The lowest BCUT2D eigenvalue weighted by atomic mass is 10.1. The number of pyridine rings is 1. The van der Waals surface area contributed by atoms with E-state index in [2.05, 4.69) is 15.6 Å². The van der Waals surface area contributed by atoms with Crippen LogP contribution in [0.25, 0.3) is 11.3 Å². The fraction of sp³-hybridized carbons (Fsp3) is 0.235. The minimum Gasteiger partial charge on any atom is -0.350 e. The van der Waals surface area contributed by atoms with Gasteiger partial charge in [-0.1, -0.05) is 30.3 Å². The third kappa shape index (κ3) is 3.66. The smallest absolute Gasteiger partial charge is 0.317 e. The molecule has 2 aromatic rings. The van der Waals surface area contributed by atoms with Crippen LogP contribution in [0.5, 0.6) is 0 Å². The Kier molecular flexibility index (Phi) is 4.52. The molecule has 0 spiro atoms. The molecule has 3 rings (SSSR count). The Balaban J connectivity index is 1.54. The summed E-state index contributed by atoms with van der Waals surface area (Å²) >= 11 is 0. The van der Waals surface area contributed by atoms with Gasteiger partial charge in [0, 0.05) is 37.9 Å². The van der Waals surface area contributed by atoms with Gasteiger partial charge in [0.15, 0.2) is 0 Å². The summed E-state index contributed by atoms with van der Waals surface area (Å²) in [5.74, 6) is -0.184. The summed E-state index contributed by atoms with van der Waals surface area (Å²) in [7, 11) is 0. The first kappa shape index (κ1) is 15.0. The minimum absolute atomic E-state index is 0.0758. The number of amides is 3. The fourth-order valence-electron chi connectivity index (χ4n) is 2.44. The van der Waals surface area contributed by atoms with E-state index in [-0.39, 0.29) is 11.9 Å². The van der Waals surface area contributed by atoms with Crippen LogP contribution in [0.3, 0.4) is 0 Å². The number of carbonyl (C=O) groups is 2. The summed E-state index contributed by atoms with van der Waals surface area (Å²) in [5, 5.41) is 5.53. The number of aromatic nitrogens is 1. The summed E-state index contributed by atoms with van der Waals surface area (Å²) in [6.45, 7) is 2.28. The molecule has 1 fully saturated rings. The second-order valence-electron chi connectivity index (χ2n) is 5.27. The first-order chi connectivity index (χ1) is 11.2. The number of urea groups is 1. The van der Waals surface area contributed by atoms with Gasteiger partial charge in [-0.05, 0) is 12.1 Å². The standard InChI is InChI=1S/C17H18N4O2/c22-16(18-8-10-21-11-9-19-17(21)23)14-6-7-15(20-12-14)13-4-2-1-3-5-13/h1-7,12H,8-11H2,(H,18,22)(H,19,23). The second-order valence-corrected chi connectivity index (χ2v) is 5.27. The van der Waals surface area contributed by atoms with E-state index in [0.29, 0.717) is 31.7 Å². The molecular weight excluding hydrogens is 292 g/mol. The van der Waals surface area contributed by atoms with Crippen LogP contribution in [0.4, 0.5) is 4.79 Å². The lowest BCUT2D eigenvalue weighted by Gasteiger charge is -2.14. The molecule has 0 saturated carbocycles. The zero-order valence-corrected chi connectivity index (χ0v) is 12.7. The SMILES string of the molecule is O=C(NCCN1CCNC1=O)c1ccc(-c2ccccc2)nc1. The lowest BCUT2D eigenvalue weighted by molar-refractivity contribution is 0.0950. The summed E-state index contributed by atoms with van der Waals surface area (Å²) in [6, 6.07) is 13.3. The highest BCUT2D eigenvalue weighted by Crippen LogP contribution is 2.16. The van der Waals surface area contributed by atoms with Crippen molar-refractivity contribution in [2.24, 2.45) is 0 Å². The Bertz CT molecular complexity index is 685. The normalized spacial score (nSPS) is 13.7. The van der Waals surface area contributed by atoms with Crippen molar-refractivity contribution in [3.8, 4) is 11.3 Å². The maximum Gasteiger partial charge on any atom is 0.317 e. The molecule has 2 heterocycles. The van der Waals surface area contributed by atoms with Crippen molar-refractivity contribution in [3.05, 3.63) is 54.2 Å². The highest BCUT2D eigenvalue weighted by molar-refractivity contribution is 5.94. The third-order valence-electron chi connectivity index (χ3n) is 3.71. The molecule has 2 N–H and O–H groups in total. The van der Waals surface area contributed by atoms with Gasteiger partial charge in [0.1, 0.15) is 0 Å². The quantitative estimate of drug-likeness (QED) is 0.879. The molecule has 3 amide bonds. The molecule has 0 aliphatic carbocycles. The van der Waals surface area contributed by atoms with E-state index in [1.165, 1.54) is 0 Å². The van der Waals surface area contributed by atoms with Gasteiger partial charge >= 0.3 is 6.03 Å². The maximum absolute atomic E-state index is 12.1. The van der Waals surface area contributed by atoms with Gasteiger partial charge in [-0.3, -0.25) is 9.78 Å². The Hall–Kier alpha value is -2.89. The van der Waals surface area contributed by atoms with E-state index in [0.717, 1.165) is 11.3 Å². The Labute approximate surface area is 134 Å². The van der Waals surface area contributed by atoms with Gasteiger partial charge in [-0.2, -0.15) is 0 Å². The first-order valence-electron chi connectivity index (χ1n) is 7.56. The number of hydrogen-bond acceptors (Lipinski definition) is 3. The zero-order chi connectivity index (χ0) is 16.1. The third-order valence-corrected chi connectivity index (χ3v) is 3.71. The Morgan fingerprint density at radius 1 is 1.22 bits per heavy atom. The van der Waals surface area contributed by atoms with E-state index < -0.39 is 0 Å². The van der Waals surface area contributed by atoms with Crippen LogP contribution in [-0.4, -0.2) is 48.0 Å². The molecule has 23 heavy (non-hydrogen) atoms. The Morgan fingerprint density at radius 2 is 2.04 bits per heavy atom. The van der Waals surface area contributed by atoms with Crippen LogP contribution in [-0.2, 0) is 0 Å². The maximum atomic E-state index is 12.1. The molecule has 0 radical (unpaired) electrons. The van der Waals surface area contributed by atoms with Crippen molar-refractivity contribution < 1.29 is 9.59 Å². The molecule has 1 aliphatic rings. The van der Waals surface area contributed by atoms with E-state index in [4.69, 9.17) is 0 Å². The topological polar surface area (TPSA) is 74.3 Å². The van der Waals surface area contributed by atoms with E-state index in [1.54, 1.807) is 17.2 Å². The number of rotatable bonds is 5. The van der Waals surface area contributed by atoms with E-state index >= 15 is 0 Å². The molecule has 1 saturated heterocycles. The molecule has 1 aromatic heterocycles. The van der Waals surface area contributed by atoms with Crippen LogP contribution in [0.15, 0.2) is 48.7 Å². The Morgan fingerprint density at radius 3 is 2.70 bits per heavy atom. The highest BCUT2D eigenvalue weighted by Gasteiger charge is 2.18.